The Morgan fingerprint density at radius 1 is 1.39 bits per heavy atom. The van der Waals surface area contributed by atoms with Crippen LogP contribution in [0.25, 0.3) is 0 Å². The van der Waals surface area contributed by atoms with Gasteiger partial charge >= 0.3 is 0 Å². The number of hydrogen-bond donors (Lipinski definition) is 1. The van der Waals surface area contributed by atoms with Gasteiger partial charge in [0.25, 0.3) is 0 Å². The van der Waals surface area contributed by atoms with Gasteiger partial charge in [-0.05, 0) is 46.6 Å². The third kappa shape index (κ3) is 2.59. The molecule has 0 aromatic carbocycles. The summed E-state index contributed by atoms with van der Waals surface area (Å²) in [5.41, 5.74) is 3.83. The highest BCUT2D eigenvalue weighted by atomic mass is 16.3. The molecule has 0 saturated carbocycles. The zero-order chi connectivity index (χ0) is 13.1. The van der Waals surface area contributed by atoms with E-state index in [-0.39, 0.29) is 0 Å². The first-order chi connectivity index (χ1) is 8.67. The van der Waals surface area contributed by atoms with Gasteiger partial charge in [-0.15, -0.1) is 0 Å². The molecule has 0 amide bonds. The van der Waals surface area contributed by atoms with Crippen molar-refractivity contribution in [3.05, 3.63) is 17.0 Å². The molecular weight excluding hydrogens is 226 g/mol. The van der Waals surface area contributed by atoms with E-state index in [1.165, 1.54) is 24.1 Å². The van der Waals surface area contributed by atoms with E-state index >= 15 is 0 Å². The standard InChI is InChI=1S/C14H25N3O/c1-4-17-12(3)14(11(2)15-17)10-16-8-5-6-13(16)7-9-18/h13,18H,4-10H2,1-3H3/t13-/m0/s1. The summed E-state index contributed by atoms with van der Waals surface area (Å²) in [5.74, 6) is 0. The number of aliphatic hydroxyl groups is 1. The largest absolute Gasteiger partial charge is 0.396 e. The first kappa shape index (κ1) is 13.6. The summed E-state index contributed by atoms with van der Waals surface area (Å²) in [7, 11) is 0. The highest BCUT2D eigenvalue weighted by Gasteiger charge is 2.25. The smallest absolute Gasteiger partial charge is 0.0641 e. The maximum atomic E-state index is 9.12. The first-order valence-corrected chi connectivity index (χ1v) is 7.05. The first-order valence-electron chi connectivity index (χ1n) is 7.05. The predicted molar refractivity (Wildman–Crippen MR) is 72.5 cm³/mol. The molecule has 1 aliphatic rings. The van der Waals surface area contributed by atoms with Crippen molar-refractivity contribution in [1.29, 1.82) is 0 Å². The fourth-order valence-electron chi connectivity index (χ4n) is 3.05. The summed E-state index contributed by atoms with van der Waals surface area (Å²) in [6.07, 6.45) is 3.38. The molecule has 102 valence electrons. The van der Waals surface area contributed by atoms with Crippen molar-refractivity contribution < 1.29 is 5.11 Å². The summed E-state index contributed by atoms with van der Waals surface area (Å²) in [6.45, 7) is 9.78. The number of nitrogens with zero attached hydrogens (tertiary/aromatic N) is 3. The number of aryl methyl sites for hydroxylation is 2. The molecule has 18 heavy (non-hydrogen) atoms. The number of aliphatic hydroxyl groups excluding tert-OH is 1. The summed E-state index contributed by atoms with van der Waals surface area (Å²) in [6, 6.07) is 0.554. The van der Waals surface area contributed by atoms with Crippen molar-refractivity contribution in [2.75, 3.05) is 13.2 Å². The highest BCUT2D eigenvalue weighted by molar-refractivity contribution is 5.24. The molecular formula is C14H25N3O. The minimum atomic E-state index is 0.299. The molecule has 1 N–H and O–H groups in total. The van der Waals surface area contributed by atoms with Crippen LogP contribution >= 0.6 is 0 Å². The number of likely N-dealkylation sites (tertiary alicyclic amines) is 1. The van der Waals surface area contributed by atoms with E-state index in [2.05, 4.69) is 35.5 Å². The maximum Gasteiger partial charge on any atom is 0.0641 e. The van der Waals surface area contributed by atoms with Crippen molar-refractivity contribution in [1.82, 2.24) is 14.7 Å². The van der Waals surface area contributed by atoms with Crippen LogP contribution in [0.3, 0.4) is 0 Å². The van der Waals surface area contributed by atoms with Crippen LogP contribution in [-0.4, -0.2) is 39.0 Å². The van der Waals surface area contributed by atoms with Crippen LogP contribution in [0.1, 0.15) is 43.1 Å². The normalized spacial score (nSPS) is 20.8. The molecule has 0 spiro atoms. The average Bonchev–Trinajstić information content (AvgIpc) is 2.89. The van der Waals surface area contributed by atoms with Gasteiger partial charge in [0.15, 0.2) is 0 Å². The molecule has 2 heterocycles. The van der Waals surface area contributed by atoms with Gasteiger partial charge in [-0.2, -0.15) is 5.10 Å². The summed E-state index contributed by atoms with van der Waals surface area (Å²) >= 11 is 0. The van der Waals surface area contributed by atoms with Crippen molar-refractivity contribution >= 4 is 0 Å². The van der Waals surface area contributed by atoms with E-state index in [0.717, 1.165) is 31.7 Å². The quantitative estimate of drug-likeness (QED) is 0.868. The van der Waals surface area contributed by atoms with Crippen molar-refractivity contribution in [2.24, 2.45) is 0 Å². The van der Waals surface area contributed by atoms with Gasteiger partial charge in [0.05, 0.1) is 5.69 Å². The van der Waals surface area contributed by atoms with E-state index < -0.39 is 0 Å². The summed E-state index contributed by atoms with van der Waals surface area (Å²) < 4.78 is 2.09. The second-order valence-corrected chi connectivity index (χ2v) is 5.24. The minimum Gasteiger partial charge on any atom is -0.396 e. The lowest BCUT2D eigenvalue weighted by Crippen LogP contribution is -2.30. The van der Waals surface area contributed by atoms with Crippen LogP contribution in [0.5, 0.6) is 0 Å². The third-order valence-corrected chi connectivity index (χ3v) is 4.15. The van der Waals surface area contributed by atoms with Gasteiger partial charge in [-0.1, -0.05) is 0 Å². The van der Waals surface area contributed by atoms with Gasteiger partial charge in [-0.3, -0.25) is 9.58 Å². The second kappa shape index (κ2) is 5.85. The average molecular weight is 251 g/mol. The van der Waals surface area contributed by atoms with Crippen LogP contribution in [0, 0.1) is 13.8 Å². The Labute approximate surface area is 110 Å². The molecule has 0 bridgehead atoms. The zero-order valence-electron chi connectivity index (χ0n) is 11.8. The van der Waals surface area contributed by atoms with E-state index in [9.17, 15) is 0 Å². The lowest BCUT2D eigenvalue weighted by Gasteiger charge is -2.24. The Hall–Kier alpha value is -0.870. The van der Waals surface area contributed by atoms with Crippen LogP contribution in [-0.2, 0) is 13.1 Å². The lowest BCUT2D eigenvalue weighted by atomic mass is 10.1. The van der Waals surface area contributed by atoms with Gasteiger partial charge in [0.1, 0.15) is 0 Å². The Balaban J connectivity index is 2.11. The Kier molecular flexibility index (Phi) is 4.40. The van der Waals surface area contributed by atoms with E-state index in [1.54, 1.807) is 0 Å². The molecule has 1 aromatic rings. The van der Waals surface area contributed by atoms with Crippen LogP contribution in [0.15, 0.2) is 0 Å². The van der Waals surface area contributed by atoms with Crippen LogP contribution in [0.4, 0.5) is 0 Å². The Bertz CT molecular complexity index is 400. The Morgan fingerprint density at radius 2 is 2.17 bits per heavy atom. The lowest BCUT2D eigenvalue weighted by molar-refractivity contribution is 0.189. The predicted octanol–water partition coefficient (Wildman–Crippen LogP) is 1.87. The molecule has 1 aliphatic heterocycles. The van der Waals surface area contributed by atoms with E-state index in [0.29, 0.717) is 12.6 Å². The van der Waals surface area contributed by atoms with Gasteiger partial charge in [0.2, 0.25) is 0 Å². The monoisotopic (exact) mass is 251 g/mol. The summed E-state index contributed by atoms with van der Waals surface area (Å²) in [4.78, 5) is 2.51. The number of aromatic nitrogens is 2. The second-order valence-electron chi connectivity index (χ2n) is 5.24. The molecule has 0 aliphatic carbocycles. The molecule has 1 atom stereocenters. The minimum absolute atomic E-state index is 0.299. The van der Waals surface area contributed by atoms with Crippen molar-refractivity contribution in [3.8, 4) is 0 Å². The van der Waals surface area contributed by atoms with Crippen LogP contribution < -0.4 is 0 Å². The third-order valence-electron chi connectivity index (χ3n) is 4.15. The molecule has 0 radical (unpaired) electrons. The van der Waals surface area contributed by atoms with Crippen molar-refractivity contribution in [3.63, 3.8) is 0 Å². The zero-order valence-corrected chi connectivity index (χ0v) is 11.8. The van der Waals surface area contributed by atoms with Gasteiger partial charge in [-0.25, -0.2) is 0 Å². The number of rotatable bonds is 5. The summed E-state index contributed by atoms with van der Waals surface area (Å²) in [5, 5.41) is 13.7. The molecule has 4 nitrogen and oxygen atoms in total. The highest BCUT2D eigenvalue weighted by Crippen LogP contribution is 2.24. The van der Waals surface area contributed by atoms with Gasteiger partial charge < -0.3 is 5.11 Å². The molecule has 0 unspecified atom stereocenters. The molecule has 1 aromatic heterocycles. The van der Waals surface area contributed by atoms with Crippen LogP contribution in [0.2, 0.25) is 0 Å². The number of hydrogen-bond acceptors (Lipinski definition) is 3. The molecule has 4 heteroatoms. The van der Waals surface area contributed by atoms with E-state index in [4.69, 9.17) is 5.11 Å². The SMILES string of the molecule is CCn1nc(C)c(CN2CCC[C@H]2CCO)c1C. The maximum absolute atomic E-state index is 9.12. The fraction of sp³-hybridized carbons (Fsp3) is 0.786. The molecule has 1 saturated heterocycles. The van der Waals surface area contributed by atoms with Crippen molar-refractivity contribution in [2.45, 2.75) is 59.2 Å². The fourth-order valence-corrected chi connectivity index (χ4v) is 3.05. The topological polar surface area (TPSA) is 41.3 Å². The van der Waals surface area contributed by atoms with Gasteiger partial charge in [0, 0.05) is 37.0 Å². The molecule has 1 fully saturated rings. The Morgan fingerprint density at radius 3 is 2.78 bits per heavy atom. The van der Waals surface area contributed by atoms with E-state index in [1.807, 2.05) is 0 Å². The molecule has 2 rings (SSSR count).